The lowest BCUT2D eigenvalue weighted by atomic mass is 10.3. The van der Waals surface area contributed by atoms with Crippen LogP contribution in [0.15, 0.2) is 16.6 Å². The molecule has 0 radical (unpaired) electrons. The van der Waals surface area contributed by atoms with Crippen LogP contribution >= 0.6 is 15.9 Å². The normalized spacial score (nSPS) is 10.8. The lowest BCUT2D eigenvalue weighted by Gasteiger charge is -2.05. The molecule has 5 nitrogen and oxygen atoms in total. The van der Waals surface area contributed by atoms with Crippen molar-refractivity contribution >= 4 is 38.8 Å². The van der Waals surface area contributed by atoms with Crippen LogP contribution in [0.25, 0.3) is 11.0 Å². The largest absolute Gasteiger partial charge is 0.369 e. The predicted molar refractivity (Wildman–Crippen MR) is 70.5 cm³/mol. The Morgan fingerprint density at radius 2 is 2.33 bits per heavy atom. The molecule has 3 N–H and O–H groups in total. The molecule has 0 aliphatic rings. The number of nitrogens with two attached hydrogens (primary N) is 1. The summed E-state index contributed by atoms with van der Waals surface area (Å²) in [5.41, 5.74) is 6.94. The molecule has 1 heterocycles. The Kier molecular flexibility index (Phi) is 3.51. The molecule has 0 aliphatic heterocycles. The number of amides is 1. The molecule has 0 fully saturated rings. The van der Waals surface area contributed by atoms with E-state index in [4.69, 9.17) is 5.73 Å². The van der Waals surface area contributed by atoms with Crippen molar-refractivity contribution in [3.05, 3.63) is 22.4 Å². The predicted octanol–water partition coefficient (Wildman–Crippen LogP) is 1.66. The fourth-order valence-electron chi connectivity index (χ4n) is 1.71. The van der Waals surface area contributed by atoms with Crippen LogP contribution in [0.4, 0.5) is 10.3 Å². The van der Waals surface area contributed by atoms with Crippen molar-refractivity contribution in [3.8, 4) is 0 Å². The van der Waals surface area contributed by atoms with Gasteiger partial charge in [0.15, 0.2) is 0 Å². The smallest absolute Gasteiger partial charge is 0.221 e. The molecular weight excluding hydrogens is 303 g/mol. The zero-order chi connectivity index (χ0) is 13.3. The first kappa shape index (κ1) is 12.8. The molecule has 18 heavy (non-hydrogen) atoms. The van der Waals surface area contributed by atoms with Crippen LogP contribution in [0.3, 0.4) is 0 Å². The van der Waals surface area contributed by atoms with Gasteiger partial charge in [-0.2, -0.15) is 0 Å². The van der Waals surface area contributed by atoms with Gasteiger partial charge < -0.3 is 15.6 Å². The summed E-state index contributed by atoms with van der Waals surface area (Å²) in [6.45, 7) is 0.364. The summed E-state index contributed by atoms with van der Waals surface area (Å²) in [7, 11) is 1.56. The van der Waals surface area contributed by atoms with E-state index in [1.807, 2.05) is 0 Å². The summed E-state index contributed by atoms with van der Waals surface area (Å²) in [6, 6.07) is 2.92. The van der Waals surface area contributed by atoms with Gasteiger partial charge in [-0.25, -0.2) is 9.37 Å². The lowest BCUT2D eigenvalue weighted by Crippen LogP contribution is -2.19. The molecule has 1 aromatic heterocycles. The first-order valence-corrected chi connectivity index (χ1v) is 6.13. The number of benzene rings is 1. The topological polar surface area (TPSA) is 72.9 Å². The van der Waals surface area contributed by atoms with E-state index < -0.39 is 0 Å². The van der Waals surface area contributed by atoms with Crippen LogP contribution in [0.2, 0.25) is 0 Å². The van der Waals surface area contributed by atoms with Crippen molar-refractivity contribution in [2.45, 2.75) is 13.0 Å². The van der Waals surface area contributed by atoms with E-state index in [0.29, 0.717) is 22.1 Å². The summed E-state index contributed by atoms with van der Waals surface area (Å²) < 4.78 is 15.5. The molecule has 0 bridgehead atoms. The van der Waals surface area contributed by atoms with E-state index in [2.05, 4.69) is 26.2 Å². The molecule has 96 valence electrons. The summed E-state index contributed by atoms with van der Waals surface area (Å²) in [5, 5.41) is 2.52. The number of aryl methyl sites for hydroxylation is 1. The van der Waals surface area contributed by atoms with E-state index in [1.54, 1.807) is 17.7 Å². The van der Waals surface area contributed by atoms with Crippen molar-refractivity contribution in [2.75, 3.05) is 12.8 Å². The average Bonchev–Trinajstić information content (AvgIpc) is 2.62. The number of anilines is 1. The minimum absolute atomic E-state index is 0.103. The molecule has 0 atom stereocenters. The fourth-order valence-corrected chi connectivity index (χ4v) is 2.04. The van der Waals surface area contributed by atoms with E-state index in [1.165, 1.54) is 6.07 Å². The lowest BCUT2D eigenvalue weighted by molar-refractivity contribution is -0.120. The number of rotatable bonds is 3. The number of hydrogen-bond acceptors (Lipinski definition) is 3. The van der Waals surface area contributed by atoms with Crippen LogP contribution in [0, 0.1) is 5.82 Å². The molecule has 0 aliphatic carbocycles. The molecule has 2 aromatic rings. The number of imidazole rings is 1. The highest BCUT2D eigenvalue weighted by Gasteiger charge is 2.12. The third-order valence-electron chi connectivity index (χ3n) is 2.66. The molecular formula is C11H12BrFN4O. The third-order valence-corrected chi connectivity index (χ3v) is 3.27. The first-order chi connectivity index (χ1) is 8.52. The summed E-state index contributed by atoms with van der Waals surface area (Å²) in [4.78, 5) is 15.3. The zero-order valence-electron chi connectivity index (χ0n) is 9.70. The molecule has 1 aromatic carbocycles. The Bertz CT molecular complexity index is 611. The van der Waals surface area contributed by atoms with E-state index in [0.717, 1.165) is 0 Å². The molecule has 0 saturated carbocycles. The number of nitrogens with one attached hydrogen (secondary N) is 1. The minimum Gasteiger partial charge on any atom is -0.369 e. The maximum atomic E-state index is 13.5. The Morgan fingerprint density at radius 3 is 3.00 bits per heavy atom. The van der Waals surface area contributed by atoms with Gasteiger partial charge in [0.1, 0.15) is 5.82 Å². The van der Waals surface area contributed by atoms with Crippen molar-refractivity contribution in [3.63, 3.8) is 0 Å². The second kappa shape index (κ2) is 4.93. The number of aromatic nitrogens is 2. The van der Waals surface area contributed by atoms with Crippen molar-refractivity contribution in [2.24, 2.45) is 0 Å². The SMILES string of the molecule is CNC(=O)CCn1c(N)nc2cc(Br)c(F)cc21. The van der Waals surface area contributed by atoms with E-state index in [9.17, 15) is 9.18 Å². The highest BCUT2D eigenvalue weighted by Crippen LogP contribution is 2.25. The highest BCUT2D eigenvalue weighted by atomic mass is 79.9. The zero-order valence-corrected chi connectivity index (χ0v) is 11.3. The van der Waals surface area contributed by atoms with Gasteiger partial charge in [-0.05, 0) is 22.0 Å². The van der Waals surface area contributed by atoms with Gasteiger partial charge in [-0.15, -0.1) is 0 Å². The number of hydrogen-bond donors (Lipinski definition) is 2. The Balaban J connectivity index is 2.40. The molecule has 0 spiro atoms. The fraction of sp³-hybridized carbons (Fsp3) is 0.273. The van der Waals surface area contributed by atoms with E-state index in [-0.39, 0.29) is 24.1 Å². The summed E-state index contributed by atoms with van der Waals surface area (Å²) in [6.07, 6.45) is 0.268. The number of nitrogen functional groups attached to an aromatic ring is 1. The van der Waals surface area contributed by atoms with E-state index >= 15 is 0 Å². The van der Waals surface area contributed by atoms with Crippen molar-refractivity contribution < 1.29 is 9.18 Å². The van der Waals surface area contributed by atoms with Gasteiger partial charge >= 0.3 is 0 Å². The van der Waals surface area contributed by atoms with Gasteiger partial charge in [-0.1, -0.05) is 0 Å². The van der Waals surface area contributed by atoms with Gasteiger partial charge in [-0.3, -0.25) is 4.79 Å². The number of nitrogens with zero attached hydrogens (tertiary/aromatic N) is 2. The molecule has 0 saturated heterocycles. The number of fused-ring (bicyclic) bond motifs is 1. The van der Waals surface area contributed by atoms with Crippen LogP contribution < -0.4 is 11.1 Å². The maximum absolute atomic E-state index is 13.5. The van der Waals surface area contributed by atoms with Crippen molar-refractivity contribution in [1.82, 2.24) is 14.9 Å². The second-order valence-electron chi connectivity index (χ2n) is 3.80. The standard InChI is InChI=1S/C11H12BrFN4O/c1-15-10(18)2-3-17-9-5-7(13)6(12)4-8(9)16-11(17)14/h4-5H,2-3H2,1H3,(H2,14,16)(H,15,18). The van der Waals surface area contributed by atoms with Gasteiger partial charge in [0.2, 0.25) is 11.9 Å². The first-order valence-electron chi connectivity index (χ1n) is 5.34. The summed E-state index contributed by atoms with van der Waals surface area (Å²) >= 11 is 3.09. The van der Waals surface area contributed by atoms with Gasteiger partial charge in [0.25, 0.3) is 0 Å². The number of carbonyl (C=O) groups excluding carboxylic acids is 1. The molecule has 7 heteroatoms. The average molecular weight is 315 g/mol. The monoisotopic (exact) mass is 314 g/mol. The van der Waals surface area contributed by atoms with Gasteiger partial charge in [0, 0.05) is 26.1 Å². The highest BCUT2D eigenvalue weighted by molar-refractivity contribution is 9.10. The van der Waals surface area contributed by atoms with Crippen LogP contribution in [-0.4, -0.2) is 22.5 Å². The maximum Gasteiger partial charge on any atom is 0.221 e. The van der Waals surface area contributed by atoms with Crippen LogP contribution in [0.1, 0.15) is 6.42 Å². The Labute approximate surface area is 111 Å². The van der Waals surface area contributed by atoms with Crippen molar-refractivity contribution in [1.29, 1.82) is 0 Å². The van der Waals surface area contributed by atoms with Gasteiger partial charge in [0.05, 0.1) is 15.5 Å². The molecule has 1 amide bonds. The molecule has 0 unspecified atom stereocenters. The Morgan fingerprint density at radius 1 is 1.61 bits per heavy atom. The van der Waals surface area contributed by atoms with Crippen LogP contribution in [0.5, 0.6) is 0 Å². The minimum atomic E-state index is -0.386. The third kappa shape index (κ3) is 2.31. The number of halogens is 2. The second-order valence-corrected chi connectivity index (χ2v) is 4.65. The van der Waals surface area contributed by atoms with Crippen LogP contribution in [-0.2, 0) is 11.3 Å². The quantitative estimate of drug-likeness (QED) is 0.905. The summed E-state index contributed by atoms with van der Waals surface area (Å²) in [5.74, 6) is -0.219. The Hall–Kier alpha value is -1.63. The molecule has 2 rings (SSSR count). The number of carbonyl (C=O) groups is 1.